The molecule has 10 heteroatoms. The lowest BCUT2D eigenvalue weighted by Crippen LogP contribution is -2.46. The summed E-state index contributed by atoms with van der Waals surface area (Å²) in [6.45, 7) is 4.13. The molecule has 0 aliphatic carbocycles. The molecule has 0 bridgehead atoms. The van der Waals surface area contributed by atoms with Gasteiger partial charge in [-0.2, -0.15) is 0 Å². The Kier molecular flexibility index (Phi) is 9.52. The zero-order chi connectivity index (χ0) is 16.0. The highest BCUT2D eigenvalue weighted by Crippen LogP contribution is 2.25. The van der Waals surface area contributed by atoms with Gasteiger partial charge in [-0.05, 0) is 18.1 Å². The molecule has 128 valence electrons. The monoisotopic (exact) mass is 389 g/mol. The van der Waals surface area contributed by atoms with Gasteiger partial charge in [0.15, 0.2) is 0 Å². The number of sulfonamides is 1. The predicted molar refractivity (Wildman–Crippen MR) is 92.2 cm³/mol. The van der Waals surface area contributed by atoms with Crippen LogP contribution in [0.25, 0.3) is 0 Å². The minimum Gasteiger partial charge on any atom is -0.353 e. The maximum atomic E-state index is 11.9. The second-order valence-corrected chi connectivity index (χ2v) is 8.37. The van der Waals surface area contributed by atoms with Crippen LogP contribution in [-0.4, -0.2) is 33.5 Å². The first-order valence-corrected chi connectivity index (χ1v) is 9.24. The van der Waals surface area contributed by atoms with E-state index in [-0.39, 0.29) is 41.5 Å². The van der Waals surface area contributed by atoms with Crippen LogP contribution in [0.2, 0.25) is 4.34 Å². The number of thiophene rings is 1. The molecule has 6 nitrogen and oxygen atoms in total. The van der Waals surface area contributed by atoms with Gasteiger partial charge in [0.25, 0.3) is 0 Å². The summed E-state index contributed by atoms with van der Waals surface area (Å²) >= 11 is 6.68. The highest BCUT2D eigenvalue weighted by molar-refractivity contribution is 7.91. The summed E-state index contributed by atoms with van der Waals surface area (Å²) in [6, 6.07) is 2.38. The lowest BCUT2D eigenvalue weighted by atomic mass is 9.99. The molecule has 1 heterocycles. The molecule has 1 rings (SSSR count). The molecular formula is C12H21Cl2N3O3S2. The van der Waals surface area contributed by atoms with Crippen molar-refractivity contribution >= 4 is 51.3 Å². The third kappa shape index (κ3) is 6.39. The van der Waals surface area contributed by atoms with Crippen molar-refractivity contribution in [1.29, 1.82) is 0 Å². The Bertz CT molecular complexity index is 578. The fourth-order valence-corrected chi connectivity index (χ4v) is 4.07. The smallest absolute Gasteiger partial charge is 0.250 e. The highest BCUT2D eigenvalue weighted by Gasteiger charge is 2.19. The number of hydrogen-bond acceptors (Lipinski definition) is 5. The molecular weight excluding hydrogens is 369 g/mol. The average Bonchev–Trinajstić information content (AvgIpc) is 2.89. The summed E-state index contributed by atoms with van der Waals surface area (Å²) in [5.41, 5.74) is 5.77. The third-order valence-electron chi connectivity index (χ3n) is 3.09. The Labute approximate surface area is 146 Å². The second-order valence-electron chi connectivity index (χ2n) is 4.66. The van der Waals surface area contributed by atoms with E-state index in [1.807, 2.05) is 13.8 Å². The summed E-state index contributed by atoms with van der Waals surface area (Å²) in [4.78, 5) is 11.7. The van der Waals surface area contributed by atoms with Crippen LogP contribution in [0.1, 0.15) is 20.3 Å². The number of carbonyl (C=O) groups is 1. The largest absolute Gasteiger partial charge is 0.353 e. The van der Waals surface area contributed by atoms with Crippen LogP contribution in [0.4, 0.5) is 0 Å². The van der Waals surface area contributed by atoms with Gasteiger partial charge < -0.3 is 11.1 Å². The molecule has 0 radical (unpaired) electrons. The lowest BCUT2D eigenvalue weighted by Gasteiger charge is -2.17. The van der Waals surface area contributed by atoms with E-state index >= 15 is 0 Å². The zero-order valence-corrected chi connectivity index (χ0v) is 15.5. The van der Waals surface area contributed by atoms with Gasteiger partial charge in [-0.25, -0.2) is 13.1 Å². The van der Waals surface area contributed by atoms with Crippen LogP contribution in [0.5, 0.6) is 0 Å². The number of carbonyl (C=O) groups excluding carboxylic acids is 1. The SMILES string of the molecule is CCC(C)C(N)C(=O)NCCNS(=O)(=O)c1ccc(Cl)s1.Cl. The van der Waals surface area contributed by atoms with Crippen molar-refractivity contribution in [2.45, 2.75) is 30.5 Å². The number of halogens is 2. The molecule has 0 spiro atoms. The maximum Gasteiger partial charge on any atom is 0.250 e. The normalized spacial score (nSPS) is 14.0. The van der Waals surface area contributed by atoms with Crippen molar-refractivity contribution in [1.82, 2.24) is 10.0 Å². The number of nitrogens with one attached hydrogen (secondary N) is 2. The van der Waals surface area contributed by atoms with Gasteiger partial charge in [0, 0.05) is 13.1 Å². The van der Waals surface area contributed by atoms with E-state index in [2.05, 4.69) is 10.0 Å². The van der Waals surface area contributed by atoms with Crippen LogP contribution in [-0.2, 0) is 14.8 Å². The van der Waals surface area contributed by atoms with Gasteiger partial charge in [0.2, 0.25) is 15.9 Å². The van der Waals surface area contributed by atoms with E-state index in [1.165, 1.54) is 12.1 Å². The van der Waals surface area contributed by atoms with Gasteiger partial charge >= 0.3 is 0 Å². The number of rotatable bonds is 8. The molecule has 1 aromatic heterocycles. The number of amides is 1. The summed E-state index contributed by atoms with van der Waals surface area (Å²) in [6.07, 6.45) is 0.806. The quantitative estimate of drug-likeness (QED) is 0.587. The van der Waals surface area contributed by atoms with Crippen molar-refractivity contribution in [2.24, 2.45) is 11.7 Å². The van der Waals surface area contributed by atoms with Crippen LogP contribution in [0.15, 0.2) is 16.3 Å². The minimum atomic E-state index is -3.58. The Morgan fingerprint density at radius 3 is 2.55 bits per heavy atom. The number of nitrogens with two attached hydrogens (primary N) is 1. The first kappa shape index (κ1) is 21.6. The van der Waals surface area contributed by atoms with E-state index in [4.69, 9.17) is 17.3 Å². The first-order valence-electron chi connectivity index (χ1n) is 6.56. The highest BCUT2D eigenvalue weighted by atomic mass is 35.5. The fourth-order valence-electron chi connectivity index (χ4n) is 1.51. The van der Waals surface area contributed by atoms with Crippen molar-refractivity contribution in [2.75, 3.05) is 13.1 Å². The Morgan fingerprint density at radius 1 is 1.41 bits per heavy atom. The van der Waals surface area contributed by atoms with Crippen LogP contribution < -0.4 is 15.8 Å². The van der Waals surface area contributed by atoms with Gasteiger partial charge in [0.05, 0.1) is 10.4 Å². The second kappa shape index (κ2) is 9.69. The molecule has 1 amide bonds. The average molecular weight is 390 g/mol. The summed E-state index contributed by atoms with van der Waals surface area (Å²) in [5, 5.41) is 2.61. The van der Waals surface area contributed by atoms with E-state index in [0.29, 0.717) is 4.34 Å². The minimum absolute atomic E-state index is 0. The zero-order valence-electron chi connectivity index (χ0n) is 12.3. The van der Waals surface area contributed by atoms with Crippen LogP contribution in [0, 0.1) is 5.92 Å². The Balaban J connectivity index is 0.00000441. The molecule has 1 aromatic rings. The van der Waals surface area contributed by atoms with Crippen molar-refractivity contribution in [3.8, 4) is 0 Å². The van der Waals surface area contributed by atoms with Gasteiger partial charge in [-0.1, -0.05) is 31.9 Å². The summed E-state index contributed by atoms with van der Waals surface area (Å²) in [7, 11) is -3.58. The van der Waals surface area contributed by atoms with E-state index in [1.54, 1.807) is 0 Å². The molecule has 22 heavy (non-hydrogen) atoms. The van der Waals surface area contributed by atoms with Gasteiger partial charge in [-0.3, -0.25) is 4.79 Å². The fraction of sp³-hybridized carbons (Fsp3) is 0.583. The van der Waals surface area contributed by atoms with Crippen molar-refractivity contribution < 1.29 is 13.2 Å². The lowest BCUT2D eigenvalue weighted by molar-refractivity contribution is -0.123. The molecule has 0 fully saturated rings. The molecule has 2 atom stereocenters. The third-order valence-corrected chi connectivity index (χ3v) is 6.27. The molecule has 4 N–H and O–H groups in total. The molecule has 0 saturated carbocycles. The molecule has 2 unspecified atom stereocenters. The standard InChI is InChI=1S/C12H20ClN3O3S2.ClH/c1-3-8(2)11(14)12(17)15-6-7-16-21(18,19)10-5-4-9(13)20-10;/h4-5,8,11,16H,3,6-7,14H2,1-2H3,(H,15,17);1H. The molecule has 0 aliphatic rings. The van der Waals surface area contributed by atoms with Crippen LogP contribution >= 0.6 is 35.3 Å². The molecule has 0 aliphatic heterocycles. The van der Waals surface area contributed by atoms with E-state index < -0.39 is 16.1 Å². The summed E-state index contributed by atoms with van der Waals surface area (Å²) < 4.78 is 26.7. The molecule has 0 aromatic carbocycles. The maximum absolute atomic E-state index is 11.9. The van der Waals surface area contributed by atoms with Gasteiger partial charge in [0.1, 0.15) is 4.21 Å². The number of hydrogen-bond donors (Lipinski definition) is 3. The first-order chi connectivity index (χ1) is 9.77. The molecule has 0 saturated heterocycles. The van der Waals surface area contributed by atoms with Crippen molar-refractivity contribution in [3.05, 3.63) is 16.5 Å². The topological polar surface area (TPSA) is 101 Å². The predicted octanol–water partition coefficient (Wildman–Crippen LogP) is 1.59. The van der Waals surface area contributed by atoms with E-state index in [9.17, 15) is 13.2 Å². The van der Waals surface area contributed by atoms with Crippen LogP contribution in [0.3, 0.4) is 0 Å². The van der Waals surface area contributed by atoms with Crippen molar-refractivity contribution in [3.63, 3.8) is 0 Å². The Morgan fingerprint density at radius 2 is 2.05 bits per heavy atom. The van der Waals surface area contributed by atoms with Gasteiger partial charge in [-0.15, -0.1) is 23.7 Å². The summed E-state index contributed by atoms with van der Waals surface area (Å²) in [5.74, 6) is -0.197. The van der Waals surface area contributed by atoms with E-state index in [0.717, 1.165) is 17.8 Å². The Hall–Kier alpha value is -0.380.